The summed E-state index contributed by atoms with van der Waals surface area (Å²) in [6.45, 7) is 5.68. The highest BCUT2D eigenvalue weighted by atomic mass is 79.9. The third-order valence-electron chi connectivity index (χ3n) is 4.78. The Balaban J connectivity index is 1.56. The van der Waals surface area contributed by atoms with Crippen molar-refractivity contribution in [3.63, 3.8) is 0 Å². The van der Waals surface area contributed by atoms with Crippen LogP contribution >= 0.6 is 15.9 Å². The summed E-state index contributed by atoms with van der Waals surface area (Å²) in [5, 5.41) is 2.72. The molecule has 0 aromatic heterocycles. The van der Waals surface area contributed by atoms with E-state index in [2.05, 4.69) is 21.2 Å². The van der Waals surface area contributed by atoms with Gasteiger partial charge >= 0.3 is 5.97 Å². The summed E-state index contributed by atoms with van der Waals surface area (Å²) in [7, 11) is 0. The minimum Gasteiger partial charge on any atom is -0.455 e. The van der Waals surface area contributed by atoms with Gasteiger partial charge in [-0.15, -0.1) is 0 Å². The van der Waals surface area contributed by atoms with Crippen molar-refractivity contribution in [1.29, 1.82) is 0 Å². The van der Waals surface area contributed by atoms with E-state index in [1.807, 2.05) is 51.1 Å². The number of benzene rings is 2. The van der Waals surface area contributed by atoms with Gasteiger partial charge in [-0.05, 0) is 67.8 Å². The largest absolute Gasteiger partial charge is 0.455 e. The van der Waals surface area contributed by atoms with Crippen LogP contribution in [0.15, 0.2) is 40.9 Å². The van der Waals surface area contributed by atoms with Crippen molar-refractivity contribution in [3.05, 3.63) is 57.6 Å². The molecule has 2 aromatic carbocycles. The molecule has 1 saturated heterocycles. The molecule has 2 aromatic rings. The van der Waals surface area contributed by atoms with Gasteiger partial charge in [-0.2, -0.15) is 0 Å². The highest BCUT2D eigenvalue weighted by molar-refractivity contribution is 9.10. The van der Waals surface area contributed by atoms with E-state index < -0.39 is 17.8 Å². The van der Waals surface area contributed by atoms with Crippen molar-refractivity contribution >= 4 is 45.1 Å². The standard InChI is InChI=1S/C22H23BrN2O4/c1-13-6-14(2)8-18(7-13)25-11-16(10-21(25)27)22(28)29-12-20(26)24-19-5-4-17(23)9-15(19)3/h4-9,16H,10-12H2,1-3H3,(H,24,26)/t16-/m1/s1. The molecular formula is C22H23BrN2O4. The summed E-state index contributed by atoms with van der Waals surface area (Å²) >= 11 is 3.37. The normalized spacial score (nSPS) is 16.1. The Labute approximate surface area is 178 Å². The van der Waals surface area contributed by atoms with Crippen LogP contribution in [0.25, 0.3) is 0 Å². The number of hydrogen-bond acceptors (Lipinski definition) is 4. The summed E-state index contributed by atoms with van der Waals surface area (Å²) < 4.78 is 6.08. The maximum atomic E-state index is 12.4. The molecule has 1 heterocycles. The number of ether oxygens (including phenoxy) is 1. The van der Waals surface area contributed by atoms with Gasteiger partial charge < -0.3 is 15.0 Å². The van der Waals surface area contributed by atoms with Gasteiger partial charge in [0.15, 0.2) is 6.61 Å². The lowest BCUT2D eigenvalue weighted by molar-refractivity contribution is -0.151. The second kappa shape index (κ2) is 8.78. The van der Waals surface area contributed by atoms with Crippen LogP contribution in [0, 0.1) is 26.7 Å². The number of halogens is 1. The molecule has 1 aliphatic heterocycles. The van der Waals surface area contributed by atoms with E-state index in [0.717, 1.165) is 26.9 Å². The van der Waals surface area contributed by atoms with Crippen molar-refractivity contribution in [2.75, 3.05) is 23.4 Å². The zero-order valence-electron chi connectivity index (χ0n) is 16.6. The number of nitrogens with zero attached hydrogens (tertiary/aromatic N) is 1. The van der Waals surface area contributed by atoms with Gasteiger partial charge in [0.05, 0.1) is 5.92 Å². The second-order valence-corrected chi connectivity index (χ2v) is 8.28. The lowest BCUT2D eigenvalue weighted by atomic mass is 10.1. The second-order valence-electron chi connectivity index (χ2n) is 7.37. The molecule has 3 rings (SSSR count). The summed E-state index contributed by atoms with van der Waals surface area (Å²) in [5.74, 6) is -1.65. The quantitative estimate of drug-likeness (QED) is 0.689. The molecule has 1 fully saturated rings. The number of rotatable bonds is 5. The smallest absolute Gasteiger partial charge is 0.311 e. The van der Waals surface area contributed by atoms with Crippen LogP contribution in [0.4, 0.5) is 11.4 Å². The average molecular weight is 459 g/mol. The fourth-order valence-electron chi connectivity index (χ4n) is 3.43. The van der Waals surface area contributed by atoms with Crippen LogP contribution in [-0.2, 0) is 19.1 Å². The first-order valence-corrected chi connectivity index (χ1v) is 10.1. The Morgan fingerprint density at radius 2 is 1.83 bits per heavy atom. The molecule has 152 valence electrons. The highest BCUT2D eigenvalue weighted by Gasteiger charge is 2.36. The molecule has 0 aliphatic carbocycles. The fraction of sp³-hybridized carbons (Fsp3) is 0.318. The van der Waals surface area contributed by atoms with Gasteiger partial charge in [0, 0.05) is 28.8 Å². The van der Waals surface area contributed by atoms with Crippen LogP contribution < -0.4 is 10.2 Å². The van der Waals surface area contributed by atoms with Gasteiger partial charge in [-0.25, -0.2) is 0 Å². The van der Waals surface area contributed by atoms with E-state index in [9.17, 15) is 14.4 Å². The van der Waals surface area contributed by atoms with Crippen molar-refractivity contribution in [1.82, 2.24) is 0 Å². The molecule has 0 saturated carbocycles. The number of hydrogen-bond donors (Lipinski definition) is 1. The Hall–Kier alpha value is -2.67. The van der Waals surface area contributed by atoms with Crippen molar-refractivity contribution in [2.24, 2.45) is 5.92 Å². The van der Waals surface area contributed by atoms with Crippen LogP contribution in [-0.4, -0.2) is 30.9 Å². The van der Waals surface area contributed by atoms with Crippen LogP contribution in [0.2, 0.25) is 0 Å². The van der Waals surface area contributed by atoms with Crippen molar-refractivity contribution in [3.8, 4) is 0 Å². The molecule has 0 bridgehead atoms. The maximum Gasteiger partial charge on any atom is 0.311 e. The van der Waals surface area contributed by atoms with E-state index in [1.165, 1.54) is 0 Å². The van der Waals surface area contributed by atoms with Crippen molar-refractivity contribution in [2.45, 2.75) is 27.2 Å². The van der Waals surface area contributed by atoms with Crippen LogP contribution in [0.3, 0.4) is 0 Å². The van der Waals surface area contributed by atoms with Gasteiger partial charge in [0.2, 0.25) is 5.91 Å². The predicted molar refractivity (Wildman–Crippen MR) is 115 cm³/mol. The Morgan fingerprint density at radius 1 is 1.14 bits per heavy atom. The molecule has 7 heteroatoms. The zero-order chi connectivity index (χ0) is 21.1. The number of carbonyl (C=O) groups is 3. The predicted octanol–water partition coefficient (Wildman–Crippen LogP) is 3.91. The van der Waals surface area contributed by atoms with E-state index >= 15 is 0 Å². The van der Waals surface area contributed by atoms with Crippen LogP contribution in [0.1, 0.15) is 23.1 Å². The molecule has 0 radical (unpaired) electrons. The van der Waals surface area contributed by atoms with Crippen LogP contribution in [0.5, 0.6) is 0 Å². The monoisotopic (exact) mass is 458 g/mol. The fourth-order valence-corrected chi connectivity index (χ4v) is 3.91. The van der Waals surface area contributed by atoms with Gasteiger partial charge in [-0.3, -0.25) is 14.4 Å². The topological polar surface area (TPSA) is 75.7 Å². The van der Waals surface area contributed by atoms with E-state index in [4.69, 9.17) is 4.74 Å². The third kappa shape index (κ3) is 5.23. The molecule has 0 spiro atoms. The number of anilines is 2. The maximum absolute atomic E-state index is 12.4. The SMILES string of the molecule is Cc1cc(C)cc(N2C[C@H](C(=O)OCC(=O)Nc3ccc(Br)cc3C)CC2=O)c1. The Morgan fingerprint density at radius 3 is 2.48 bits per heavy atom. The van der Waals surface area contributed by atoms with E-state index in [-0.39, 0.29) is 25.5 Å². The zero-order valence-corrected chi connectivity index (χ0v) is 18.2. The Bertz CT molecular complexity index is 953. The summed E-state index contributed by atoms with van der Waals surface area (Å²) in [5.41, 5.74) is 4.44. The molecule has 2 amide bonds. The first-order chi connectivity index (χ1) is 13.7. The molecule has 0 unspecified atom stereocenters. The Kier molecular flexibility index (Phi) is 6.37. The van der Waals surface area contributed by atoms with E-state index in [0.29, 0.717) is 5.69 Å². The lowest BCUT2D eigenvalue weighted by Gasteiger charge is -2.18. The lowest BCUT2D eigenvalue weighted by Crippen LogP contribution is -2.28. The number of amides is 2. The van der Waals surface area contributed by atoms with Gasteiger partial charge in [0.1, 0.15) is 0 Å². The van der Waals surface area contributed by atoms with Crippen molar-refractivity contribution < 1.29 is 19.1 Å². The first kappa shape index (κ1) is 21.0. The number of carbonyl (C=O) groups excluding carboxylic acids is 3. The molecule has 1 atom stereocenters. The molecule has 1 aliphatic rings. The third-order valence-corrected chi connectivity index (χ3v) is 5.28. The first-order valence-electron chi connectivity index (χ1n) is 9.34. The number of nitrogens with one attached hydrogen (secondary N) is 1. The minimum atomic E-state index is -0.578. The average Bonchev–Trinajstić information content (AvgIpc) is 3.03. The van der Waals surface area contributed by atoms with E-state index in [1.54, 1.807) is 11.0 Å². The summed E-state index contributed by atoms with van der Waals surface area (Å²) in [6, 6.07) is 11.4. The van der Waals surface area contributed by atoms with Gasteiger partial charge in [-0.1, -0.05) is 22.0 Å². The molecule has 1 N–H and O–H groups in total. The minimum absolute atomic E-state index is 0.0826. The highest BCUT2D eigenvalue weighted by Crippen LogP contribution is 2.27. The molecule has 6 nitrogen and oxygen atoms in total. The summed E-state index contributed by atoms with van der Waals surface area (Å²) in [6.07, 6.45) is 0.0826. The number of esters is 1. The molecule has 29 heavy (non-hydrogen) atoms. The van der Waals surface area contributed by atoms with Gasteiger partial charge in [0.25, 0.3) is 5.91 Å². The number of aryl methyl sites for hydroxylation is 3. The summed E-state index contributed by atoms with van der Waals surface area (Å²) in [4.78, 5) is 38.5. The molecular weight excluding hydrogens is 436 g/mol.